The number of hydrogen-bond acceptors (Lipinski definition) is 6. The van der Waals surface area contributed by atoms with Crippen LogP contribution in [0, 0.1) is 0 Å². The number of ether oxygens (including phenoxy) is 1. The van der Waals surface area contributed by atoms with Crippen LogP contribution in [-0.2, 0) is 0 Å². The Morgan fingerprint density at radius 3 is 2.43 bits per heavy atom. The van der Waals surface area contributed by atoms with E-state index in [9.17, 15) is 0 Å². The predicted octanol–water partition coefficient (Wildman–Crippen LogP) is 3.56. The molecule has 1 aromatic heterocycles. The minimum absolute atomic E-state index is 0.672. The molecule has 0 aliphatic carbocycles. The summed E-state index contributed by atoms with van der Waals surface area (Å²) in [6.07, 6.45) is 1.84. The van der Waals surface area contributed by atoms with Gasteiger partial charge in [-0.25, -0.2) is 4.98 Å². The molecule has 1 fully saturated rings. The zero-order chi connectivity index (χ0) is 19.3. The summed E-state index contributed by atoms with van der Waals surface area (Å²) in [5.41, 5.74) is 2.17. The third-order valence-corrected chi connectivity index (χ3v) is 5.01. The van der Waals surface area contributed by atoms with Crippen LogP contribution in [0.3, 0.4) is 0 Å². The zero-order valence-electron chi connectivity index (χ0n) is 16.1. The minimum Gasteiger partial charge on any atom is -0.497 e. The van der Waals surface area contributed by atoms with E-state index < -0.39 is 0 Å². The number of piperazine rings is 1. The van der Waals surface area contributed by atoms with E-state index in [4.69, 9.17) is 14.7 Å². The minimum atomic E-state index is 0.672. The SMILES string of the molecule is C=CCNc1nc(N2CCN(c3ccc(OC)cc3)CC2)nc2ccccc12. The summed E-state index contributed by atoms with van der Waals surface area (Å²) in [5.74, 6) is 2.52. The summed E-state index contributed by atoms with van der Waals surface area (Å²) in [4.78, 5) is 14.2. The first kappa shape index (κ1) is 18.1. The molecule has 1 N–H and O–H groups in total. The van der Waals surface area contributed by atoms with Gasteiger partial charge >= 0.3 is 0 Å². The summed E-state index contributed by atoms with van der Waals surface area (Å²) in [6, 6.07) is 16.3. The number of rotatable bonds is 6. The molecule has 1 aliphatic rings. The second-order valence-electron chi connectivity index (χ2n) is 6.73. The molecule has 1 saturated heterocycles. The monoisotopic (exact) mass is 375 g/mol. The van der Waals surface area contributed by atoms with E-state index in [1.165, 1.54) is 5.69 Å². The van der Waals surface area contributed by atoms with Crippen LogP contribution >= 0.6 is 0 Å². The van der Waals surface area contributed by atoms with Crippen molar-refractivity contribution in [2.75, 3.05) is 55.0 Å². The van der Waals surface area contributed by atoms with Crippen molar-refractivity contribution in [1.29, 1.82) is 0 Å². The molecule has 0 unspecified atom stereocenters. The molecule has 0 bridgehead atoms. The molecule has 0 amide bonds. The topological polar surface area (TPSA) is 53.5 Å². The average molecular weight is 375 g/mol. The summed E-state index contributed by atoms with van der Waals surface area (Å²) in [5, 5.41) is 4.38. The molecule has 2 heterocycles. The molecule has 28 heavy (non-hydrogen) atoms. The maximum atomic E-state index is 5.25. The molecule has 4 rings (SSSR count). The van der Waals surface area contributed by atoms with Crippen molar-refractivity contribution in [1.82, 2.24) is 9.97 Å². The van der Waals surface area contributed by atoms with Gasteiger partial charge in [-0.15, -0.1) is 6.58 Å². The predicted molar refractivity (Wildman–Crippen MR) is 116 cm³/mol. The first-order chi connectivity index (χ1) is 13.8. The van der Waals surface area contributed by atoms with Gasteiger partial charge in [0.2, 0.25) is 5.95 Å². The molecule has 0 atom stereocenters. The Labute approximate surface area is 165 Å². The number of nitrogens with one attached hydrogen (secondary N) is 1. The van der Waals surface area contributed by atoms with Crippen LogP contribution in [0.4, 0.5) is 17.5 Å². The van der Waals surface area contributed by atoms with Crippen LogP contribution in [0.2, 0.25) is 0 Å². The van der Waals surface area contributed by atoms with Gasteiger partial charge in [0.25, 0.3) is 0 Å². The van der Waals surface area contributed by atoms with E-state index in [-0.39, 0.29) is 0 Å². The number of anilines is 3. The molecular formula is C22H25N5O. The highest BCUT2D eigenvalue weighted by Crippen LogP contribution is 2.25. The van der Waals surface area contributed by atoms with Gasteiger partial charge in [-0.05, 0) is 36.4 Å². The maximum Gasteiger partial charge on any atom is 0.228 e. The molecule has 1 aliphatic heterocycles. The first-order valence-corrected chi connectivity index (χ1v) is 9.54. The van der Waals surface area contributed by atoms with Gasteiger partial charge in [0.1, 0.15) is 11.6 Å². The van der Waals surface area contributed by atoms with Crippen molar-refractivity contribution < 1.29 is 4.74 Å². The standard InChI is InChI=1S/C22H25N5O/c1-3-12-23-21-19-6-4-5-7-20(19)24-22(25-21)27-15-13-26(14-16-27)17-8-10-18(28-2)11-9-17/h3-11H,1,12-16H2,2H3,(H,23,24,25). The number of hydrogen-bond donors (Lipinski definition) is 1. The Balaban J connectivity index is 1.52. The van der Waals surface area contributed by atoms with E-state index in [1.54, 1.807) is 7.11 Å². The second-order valence-corrected chi connectivity index (χ2v) is 6.73. The molecule has 6 nitrogen and oxygen atoms in total. The van der Waals surface area contributed by atoms with Gasteiger partial charge in [-0.3, -0.25) is 0 Å². The molecular weight excluding hydrogens is 350 g/mol. The Kier molecular flexibility index (Phi) is 5.28. The molecule has 6 heteroatoms. The summed E-state index contributed by atoms with van der Waals surface area (Å²) < 4.78 is 5.25. The summed E-state index contributed by atoms with van der Waals surface area (Å²) in [7, 11) is 1.69. The number of benzene rings is 2. The smallest absolute Gasteiger partial charge is 0.228 e. The van der Waals surface area contributed by atoms with E-state index in [2.05, 4.69) is 33.8 Å². The van der Waals surface area contributed by atoms with E-state index >= 15 is 0 Å². The molecule has 0 saturated carbocycles. The summed E-state index contributed by atoms with van der Waals surface area (Å²) >= 11 is 0. The maximum absolute atomic E-state index is 5.25. The molecule has 2 aromatic carbocycles. The molecule has 144 valence electrons. The second kappa shape index (κ2) is 8.17. The highest BCUT2D eigenvalue weighted by atomic mass is 16.5. The summed E-state index contributed by atoms with van der Waals surface area (Å²) in [6.45, 7) is 8.08. The fourth-order valence-electron chi connectivity index (χ4n) is 3.47. The average Bonchev–Trinajstić information content (AvgIpc) is 2.77. The van der Waals surface area contributed by atoms with Crippen molar-refractivity contribution in [3.05, 3.63) is 61.2 Å². The van der Waals surface area contributed by atoms with Crippen LogP contribution in [-0.4, -0.2) is 49.8 Å². The van der Waals surface area contributed by atoms with Gasteiger partial charge in [0.15, 0.2) is 0 Å². The van der Waals surface area contributed by atoms with Crippen LogP contribution in [0.25, 0.3) is 10.9 Å². The number of methoxy groups -OCH3 is 1. The Bertz CT molecular complexity index is 949. The zero-order valence-corrected chi connectivity index (χ0v) is 16.1. The van der Waals surface area contributed by atoms with E-state index in [1.807, 2.05) is 42.5 Å². The fourth-order valence-corrected chi connectivity index (χ4v) is 3.47. The van der Waals surface area contributed by atoms with E-state index in [0.29, 0.717) is 6.54 Å². The van der Waals surface area contributed by atoms with Gasteiger partial charge in [0, 0.05) is 43.8 Å². The molecule has 0 spiro atoms. The Hall–Kier alpha value is -3.28. The van der Waals surface area contributed by atoms with Crippen LogP contribution in [0.5, 0.6) is 5.75 Å². The van der Waals surface area contributed by atoms with Gasteiger partial charge in [-0.2, -0.15) is 4.98 Å². The fraction of sp³-hybridized carbons (Fsp3) is 0.273. The highest BCUT2D eigenvalue weighted by Gasteiger charge is 2.20. The van der Waals surface area contributed by atoms with Gasteiger partial charge < -0.3 is 19.9 Å². The van der Waals surface area contributed by atoms with Crippen molar-refractivity contribution in [3.63, 3.8) is 0 Å². The molecule has 0 radical (unpaired) electrons. The van der Waals surface area contributed by atoms with Crippen molar-refractivity contribution in [3.8, 4) is 5.75 Å². The van der Waals surface area contributed by atoms with Crippen LogP contribution < -0.4 is 19.9 Å². The number of nitrogens with zero attached hydrogens (tertiary/aromatic N) is 4. The Morgan fingerprint density at radius 2 is 1.71 bits per heavy atom. The highest BCUT2D eigenvalue weighted by molar-refractivity contribution is 5.90. The Morgan fingerprint density at radius 1 is 1.00 bits per heavy atom. The number of aromatic nitrogens is 2. The van der Waals surface area contributed by atoms with Gasteiger partial charge in [-0.1, -0.05) is 18.2 Å². The van der Waals surface area contributed by atoms with Crippen molar-refractivity contribution in [2.24, 2.45) is 0 Å². The lowest BCUT2D eigenvalue weighted by Gasteiger charge is -2.36. The lowest BCUT2D eigenvalue weighted by molar-refractivity contribution is 0.415. The van der Waals surface area contributed by atoms with Gasteiger partial charge in [0.05, 0.1) is 12.6 Å². The first-order valence-electron chi connectivity index (χ1n) is 9.54. The van der Waals surface area contributed by atoms with Crippen molar-refractivity contribution >= 4 is 28.4 Å². The molecule has 3 aromatic rings. The third-order valence-electron chi connectivity index (χ3n) is 5.01. The third kappa shape index (κ3) is 3.71. The number of para-hydroxylation sites is 1. The van der Waals surface area contributed by atoms with E-state index in [0.717, 1.165) is 54.6 Å². The van der Waals surface area contributed by atoms with Crippen molar-refractivity contribution in [2.45, 2.75) is 0 Å². The lowest BCUT2D eigenvalue weighted by atomic mass is 10.2. The van der Waals surface area contributed by atoms with Crippen LogP contribution in [0.15, 0.2) is 61.2 Å². The van der Waals surface area contributed by atoms with Crippen LogP contribution in [0.1, 0.15) is 0 Å². The quantitative estimate of drug-likeness (QED) is 0.665. The normalized spacial score (nSPS) is 14.2. The number of fused-ring (bicyclic) bond motifs is 1. The largest absolute Gasteiger partial charge is 0.497 e. The lowest BCUT2D eigenvalue weighted by Crippen LogP contribution is -2.47.